The van der Waals surface area contributed by atoms with E-state index < -0.39 is 22.5 Å². The number of para-hydroxylation sites is 1. The van der Waals surface area contributed by atoms with E-state index in [1.165, 1.54) is 52.7 Å². The van der Waals surface area contributed by atoms with Crippen LogP contribution < -0.4 is 33.9 Å². The predicted octanol–water partition coefficient (Wildman–Crippen LogP) is 4.62. The summed E-state index contributed by atoms with van der Waals surface area (Å²) in [6.45, 7) is -0.640. The molecule has 0 spiro atoms. The molecule has 12 heteroatoms. The van der Waals surface area contributed by atoms with Gasteiger partial charge in [-0.25, -0.2) is 8.42 Å². The fourth-order valence-electron chi connectivity index (χ4n) is 5.02. The summed E-state index contributed by atoms with van der Waals surface area (Å²) in [7, 11) is 1.30. The highest BCUT2D eigenvalue weighted by Gasteiger charge is 2.31. The van der Waals surface area contributed by atoms with Crippen LogP contribution in [0.25, 0.3) is 0 Å². The molecular weight excluding hydrogens is 574 g/mol. The number of anilines is 2. The standard InChI is InChI=1S/C31H37N3O8S/c1-39-22-14-16-27(40-2)26(18-22)34(43(37,38)23-15-17-28(41-3)29(19-23)42-4)20-30(35)33-25-13-9-8-12-24(25)31(36)32-21-10-6-5-7-11-21/h8-9,12-19,21H,5-7,10-11,20H2,1-4H3,(H,32,36)(H,33,35). The van der Waals surface area contributed by atoms with E-state index in [4.69, 9.17) is 18.9 Å². The molecule has 3 aromatic carbocycles. The minimum atomic E-state index is -4.38. The van der Waals surface area contributed by atoms with Crippen LogP contribution >= 0.6 is 0 Å². The van der Waals surface area contributed by atoms with Crippen LogP contribution in [0.2, 0.25) is 0 Å². The highest BCUT2D eigenvalue weighted by atomic mass is 32.2. The highest BCUT2D eigenvalue weighted by molar-refractivity contribution is 7.92. The SMILES string of the molecule is COc1ccc(OC)c(N(CC(=O)Nc2ccccc2C(=O)NC2CCCCC2)S(=O)(=O)c2ccc(OC)c(OC)c2)c1. The van der Waals surface area contributed by atoms with Gasteiger partial charge in [0.1, 0.15) is 18.0 Å². The number of ether oxygens (including phenoxy) is 4. The Morgan fingerprint density at radius 1 is 0.814 bits per heavy atom. The first-order chi connectivity index (χ1) is 20.7. The lowest BCUT2D eigenvalue weighted by Gasteiger charge is -2.26. The molecule has 0 aliphatic heterocycles. The van der Waals surface area contributed by atoms with Crippen LogP contribution in [0.3, 0.4) is 0 Å². The van der Waals surface area contributed by atoms with Gasteiger partial charge in [-0.1, -0.05) is 31.4 Å². The molecule has 0 saturated heterocycles. The van der Waals surface area contributed by atoms with Crippen LogP contribution in [-0.4, -0.2) is 61.3 Å². The Kier molecular flexibility index (Phi) is 10.4. The maximum atomic E-state index is 14.1. The first-order valence-corrected chi connectivity index (χ1v) is 15.3. The third-order valence-electron chi connectivity index (χ3n) is 7.27. The Balaban J connectivity index is 1.69. The molecule has 0 aromatic heterocycles. The summed E-state index contributed by atoms with van der Waals surface area (Å²) < 4.78 is 50.6. The number of benzene rings is 3. The van der Waals surface area contributed by atoms with Gasteiger partial charge in [-0.15, -0.1) is 0 Å². The summed E-state index contributed by atoms with van der Waals surface area (Å²) in [5, 5.41) is 5.80. The molecule has 4 rings (SSSR count). The molecule has 1 aliphatic rings. The Morgan fingerprint density at radius 2 is 1.49 bits per heavy atom. The van der Waals surface area contributed by atoms with Crippen molar-refractivity contribution in [3.63, 3.8) is 0 Å². The number of sulfonamides is 1. The number of nitrogens with one attached hydrogen (secondary N) is 2. The van der Waals surface area contributed by atoms with Gasteiger partial charge in [0.25, 0.3) is 15.9 Å². The molecule has 0 radical (unpaired) electrons. The fourth-order valence-corrected chi connectivity index (χ4v) is 6.46. The van der Waals surface area contributed by atoms with E-state index in [-0.39, 0.29) is 45.3 Å². The average Bonchev–Trinajstić information content (AvgIpc) is 3.03. The second-order valence-electron chi connectivity index (χ2n) is 9.97. The number of hydrogen-bond donors (Lipinski definition) is 2. The zero-order chi connectivity index (χ0) is 31.0. The van der Waals surface area contributed by atoms with E-state index in [2.05, 4.69) is 10.6 Å². The van der Waals surface area contributed by atoms with E-state index >= 15 is 0 Å². The summed E-state index contributed by atoms with van der Waals surface area (Å²) in [6, 6.07) is 15.5. The second kappa shape index (κ2) is 14.1. The summed E-state index contributed by atoms with van der Waals surface area (Å²) >= 11 is 0. The molecule has 2 N–H and O–H groups in total. The monoisotopic (exact) mass is 611 g/mol. The van der Waals surface area contributed by atoms with Crippen LogP contribution in [0.5, 0.6) is 23.0 Å². The van der Waals surface area contributed by atoms with Crippen molar-refractivity contribution < 1.29 is 37.0 Å². The van der Waals surface area contributed by atoms with Gasteiger partial charge in [-0.2, -0.15) is 0 Å². The molecule has 0 bridgehead atoms. The van der Waals surface area contributed by atoms with E-state index in [0.717, 1.165) is 36.4 Å². The predicted molar refractivity (Wildman–Crippen MR) is 163 cm³/mol. The second-order valence-corrected chi connectivity index (χ2v) is 11.8. The maximum absolute atomic E-state index is 14.1. The molecule has 0 heterocycles. The number of rotatable bonds is 12. The van der Waals surface area contributed by atoms with Crippen molar-refractivity contribution in [2.75, 3.05) is 44.6 Å². The normalized spacial score (nSPS) is 13.5. The van der Waals surface area contributed by atoms with Crippen LogP contribution in [0.1, 0.15) is 42.5 Å². The summed E-state index contributed by atoms with van der Waals surface area (Å²) in [4.78, 5) is 26.6. The number of hydrogen-bond acceptors (Lipinski definition) is 8. The zero-order valence-electron chi connectivity index (χ0n) is 24.7. The molecule has 0 atom stereocenters. The first-order valence-electron chi connectivity index (χ1n) is 13.9. The van der Waals surface area contributed by atoms with Gasteiger partial charge in [-0.3, -0.25) is 13.9 Å². The molecule has 0 unspecified atom stereocenters. The van der Waals surface area contributed by atoms with Gasteiger partial charge in [-0.05, 0) is 49.2 Å². The van der Waals surface area contributed by atoms with Crippen molar-refractivity contribution in [2.45, 2.75) is 43.0 Å². The summed E-state index contributed by atoms with van der Waals surface area (Å²) in [5.74, 6) is 0.119. The number of carbonyl (C=O) groups is 2. The number of carbonyl (C=O) groups excluding carboxylic acids is 2. The minimum absolute atomic E-state index is 0.0765. The molecule has 230 valence electrons. The molecule has 1 aliphatic carbocycles. The molecule has 2 amide bonds. The van der Waals surface area contributed by atoms with Crippen molar-refractivity contribution in [3.05, 3.63) is 66.2 Å². The van der Waals surface area contributed by atoms with E-state index in [1.807, 2.05) is 0 Å². The summed E-state index contributed by atoms with van der Waals surface area (Å²) in [5.41, 5.74) is 0.631. The van der Waals surface area contributed by atoms with Crippen LogP contribution in [0, 0.1) is 0 Å². The van der Waals surface area contributed by atoms with Crippen molar-refractivity contribution in [3.8, 4) is 23.0 Å². The van der Waals surface area contributed by atoms with Gasteiger partial charge in [0, 0.05) is 18.2 Å². The van der Waals surface area contributed by atoms with Crippen molar-refractivity contribution in [2.24, 2.45) is 0 Å². The van der Waals surface area contributed by atoms with Gasteiger partial charge in [0.2, 0.25) is 5.91 Å². The lowest BCUT2D eigenvalue weighted by atomic mass is 9.95. The lowest BCUT2D eigenvalue weighted by molar-refractivity contribution is -0.114. The van der Waals surface area contributed by atoms with Crippen LogP contribution in [0.4, 0.5) is 11.4 Å². The molecule has 43 heavy (non-hydrogen) atoms. The van der Waals surface area contributed by atoms with Crippen molar-refractivity contribution in [1.29, 1.82) is 0 Å². The van der Waals surface area contributed by atoms with Gasteiger partial charge in [0.15, 0.2) is 11.5 Å². The molecule has 3 aromatic rings. The van der Waals surface area contributed by atoms with E-state index in [0.29, 0.717) is 11.5 Å². The van der Waals surface area contributed by atoms with Crippen LogP contribution in [-0.2, 0) is 14.8 Å². The van der Waals surface area contributed by atoms with Crippen LogP contribution in [0.15, 0.2) is 65.6 Å². The van der Waals surface area contributed by atoms with Gasteiger partial charge < -0.3 is 29.6 Å². The smallest absolute Gasteiger partial charge is 0.265 e. The Labute approximate surface area is 252 Å². The van der Waals surface area contributed by atoms with Gasteiger partial charge in [0.05, 0.1) is 50.3 Å². The van der Waals surface area contributed by atoms with E-state index in [1.54, 1.807) is 36.4 Å². The molecule has 1 saturated carbocycles. The molecule has 11 nitrogen and oxygen atoms in total. The first kappa shape index (κ1) is 31.5. The zero-order valence-corrected chi connectivity index (χ0v) is 25.5. The van der Waals surface area contributed by atoms with Gasteiger partial charge >= 0.3 is 0 Å². The minimum Gasteiger partial charge on any atom is -0.497 e. The Bertz CT molecular complexity index is 1550. The van der Waals surface area contributed by atoms with Crippen molar-refractivity contribution in [1.82, 2.24) is 5.32 Å². The largest absolute Gasteiger partial charge is 0.497 e. The third-order valence-corrected chi connectivity index (χ3v) is 9.03. The number of nitrogens with zero attached hydrogens (tertiary/aromatic N) is 1. The molecule has 1 fully saturated rings. The quantitative estimate of drug-likeness (QED) is 0.303. The average molecular weight is 612 g/mol. The molecular formula is C31H37N3O8S. The van der Waals surface area contributed by atoms with E-state index in [9.17, 15) is 18.0 Å². The fraction of sp³-hybridized carbons (Fsp3) is 0.355. The highest BCUT2D eigenvalue weighted by Crippen LogP contribution is 2.37. The number of methoxy groups -OCH3 is 4. The Morgan fingerprint density at radius 3 is 2.16 bits per heavy atom. The summed E-state index contributed by atoms with van der Waals surface area (Å²) in [6.07, 6.45) is 5.08. The maximum Gasteiger partial charge on any atom is 0.265 e. The topological polar surface area (TPSA) is 132 Å². The third kappa shape index (κ3) is 7.31. The number of amides is 2. The lowest BCUT2D eigenvalue weighted by Crippen LogP contribution is -2.39. The Hall–Kier alpha value is -4.45. The van der Waals surface area contributed by atoms with Crippen molar-refractivity contribution >= 4 is 33.2 Å².